The van der Waals surface area contributed by atoms with Crippen molar-refractivity contribution in [3.8, 4) is 0 Å². The highest BCUT2D eigenvalue weighted by molar-refractivity contribution is 5.96. The monoisotopic (exact) mass is 436 g/mol. The van der Waals surface area contributed by atoms with Crippen LogP contribution in [-0.2, 0) is 17.8 Å². The minimum absolute atomic E-state index is 0.0835. The Labute approximate surface area is 188 Å². The molecule has 0 radical (unpaired) electrons. The largest absolute Gasteiger partial charge is 0.467 e. The molecule has 0 spiro atoms. The molecule has 1 atom stereocenters. The molecular formula is C26H29FN2O3. The molecule has 0 aliphatic heterocycles. The van der Waals surface area contributed by atoms with Crippen molar-refractivity contribution >= 4 is 11.8 Å². The van der Waals surface area contributed by atoms with Crippen molar-refractivity contribution in [3.05, 3.63) is 95.7 Å². The maximum absolute atomic E-state index is 13.7. The smallest absolute Gasteiger partial charge is 0.254 e. The summed E-state index contributed by atoms with van der Waals surface area (Å²) in [4.78, 5) is 29.7. The van der Waals surface area contributed by atoms with Crippen LogP contribution in [0.15, 0.2) is 77.4 Å². The summed E-state index contributed by atoms with van der Waals surface area (Å²) >= 11 is 0. The van der Waals surface area contributed by atoms with Gasteiger partial charge in [-0.2, -0.15) is 0 Å². The molecule has 168 valence electrons. The van der Waals surface area contributed by atoms with E-state index in [1.807, 2.05) is 50.2 Å². The zero-order valence-corrected chi connectivity index (χ0v) is 18.5. The molecule has 0 bridgehead atoms. The van der Waals surface area contributed by atoms with Gasteiger partial charge in [0.2, 0.25) is 5.91 Å². The molecule has 3 rings (SSSR count). The van der Waals surface area contributed by atoms with Gasteiger partial charge in [-0.15, -0.1) is 0 Å². The van der Waals surface area contributed by atoms with Crippen molar-refractivity contribution in [2.45, 2.75) is 39.3 Å². The van der Waals surface area contributed by atoms with Gasteiger partial charge >= 0.3 is 0 Å². The Balaban J connectivity index is 1.77. The van der Waals surface area contributed by atoms with Crippen LogP contribution in [0, 0.1) is 5.82 Å². The molecule has 3 aromatic rings. The number of carbonyl (C=O) groups excluding carboxylic acids is 2. The molecule has 0 aliphatic rings. The van der Waals surface area contributed by atoms with Crippen LogP contribution in [0.1, 0.15) is 41.9 Å². The maximum Gasteiger partial charge on any atom is 0.254 e. The summed E-state index contributed by atoms with van der Waals surface area (Å²) in [6.07, 6.45) is 2.94. The molecule has 5 nitrogen and oxygen atoms in total. The van der Waals surface area contributed by atoms with Gasteiger partial charge in [-0.05, 0) is 55.7 Å². The van der Waals surface area contributed by atoms with Crippen LogP contribution in [0.25, 0.3) is 0 Å². The minimum atomic E-state index is -0.478. The topological polar surface area (TPSA) is 53.8 Å². The average molecular weight is 437 g/mol. The Bertz CT molecular complexity index is 1000. The van der Waals surface area contributed by atoms with Crippen molar-refractivity contribution in [2.24, 2.45) is 0 Å². The van der Waals surface area contributed by atoms with Crippen molar-refractivity contribution in [1.82, 2.24) is 9.80 Å². The van der Waals surface area contributed by atoms with E-state index in [1.165, 1.54) is 23.1 Å². The fourth-order valence-corrected chi connectivity index (χ4v) is 3.47. The lowest BCUT2D eigenvalue weighted by molar-refractivity contribution is -0.133. The Hall–Kier alpha value is -3.41. The Kier molecular flexibility index (Phi) is 8.20. The van der Waals surface area contributed by atoms with Gasteiger partial charge in [0.05, 0.1) is 12.8 Å². The van der Waals surface area contributed by atoms with Crippen molar-refractivity contribution in [1.29, 1.82) is 0 Å². The lowest BCUT2D eigenvalue weighted by Crippen LogP contribution is -2.46. The molecule has 1 aromatic heterocycles. The summed E-state index contributed by atoms with van der Waals surface area (Å²) in [5.41, 5.74) is 1.36. The van der Waals surface area contributed by atoms with Gasteiger partial charge in [0.15, 0.2) is 0 Å². The van der Waals surface area contributed by atoms with Gasteiger partial charge in [0, 0.05) is 18.2 Å². The lowest BCUT2D eigenvalue weighted by Gasteiger charge is -2.31. The van der Waals surface area contributed by atoms with Crippen LogP contribution in [0.3, 0.4) is 0 Å². The van der Waals surface area contributed by atoms with Gasteiger partial charge in [0.25, 0.3) is 5.91 Å². The zero-order chi connectivity index (χ0) is 22.9. The van der Waals surface area contributed by atoms with Crippen molar-refractivity contribution in [3.63, 3.8) is 0 Å². The molecule has 6 heteroatoms. The molecule has 0 aliphatic carbocycles. The predicted molar refractivity (Wildman–Crippen MR) is 121 cm³/mol. The molecule has 0 fully saturated rings. The first-order valence-electron chi connectivity index (χ1n) is 10.9. The first kappa shape index (κ1) is 23.3. The second-order valence-electron chi connectivity index (χ2n) is 7.83. The molecule has 0 saturated heterocycles. The predicted octanol–water partition coefficient (Wildman–Crippen LogP) is 4.93. The van der Waals surface area contributed by atoms with E-state index in [1.54, 1.807) is 23.3 Å². The zero-order valence-electron chi connectivity index (χ0n) is 18.5. The summed E-state index contributed by atoms with van der Waals surface area (Å²) in [6.45, 7) is 4.58. The normalized spacial score (nSPS) is 11.7. The number of benzene rings is 2. The first-order chi connectivity index (χ1) is 15.5. The Morgan fingerprint density at radius 3 is 2.47 bits per heavy atom. The van der Waals surface area contributed by atoms with E-state index in [9.17, 15) is 14.0 Å². The summed E-state index contributed by atoms with van der Waals surface area (Å²) < 4.78 is 19.1. The van der Waals surface area contributed by atoms with Crippen molar-refractivity contribution < 1.29 is 18.4 Å². The van der Waals surface area contributed by atoms with Crippen LogP contribution in [0.4, 0.5) is 4.39 Å². The number of hydrogen-bond acceptors (Lipinski definition) is 3. The maximum atomic E-state index is 13.7. The molecule has 1 unspecified atom stereocenters. The van der Waals surface area contributed by atoms with Crippen LogP contribution in [0.2, 0.25) is 0 Å². The van der Waals surface area contributed by atoms with Crippen LogP contribution < -0.4 is 0 Å². The van der Waals surface area contributed by atoms with E-state index in [-0.39, 0.29) is 30.0 Å². The number of halogens is 1. The molecule has 0 N–H and O–H groups in total. The molecular weight excluding hydrogens is 407 g/mol. The third kappa shape index (κ3) is 6.30. The minimum Gasteiger partial charge on any atom is -0.467 e. The van der Waals surface area contributed by atoms with Gasteiger partial charge < -0.3 is 14.2 Å². The first-order valence-corrected chi connectivity index (χ1v) is 10.9. The standard InChI is InChI=1S/C26H29FN2O3/c1-3-20(2)29(26(31)22-11-7-12-23(27)17-22)19-25(30)28(18-24-13-8-16-32-24)15-14-21-9-5-4-6-10-21/h4-13,16-17,20H,3,14-15,18-19H2,1-2H3. The van der Waals surface area contributed by atoms with E-state index in [0.717, 1.165) is 5.56 Å². The third-order valence-corrected chi connectivity index (χ3v) is 5.55. The number of amides is 2. The number of furan rings is 1. The van der Waals surface area contributed by atoms with E-state index in [0.29, 0.717) is 31.7 Å². The van der Waals surface area contributed by atoms with Gasteiger partial charge in [-0.25, -0.2) is 4.39 Å². The fourth-order valence-electron chi connectivity index (χ4n) is 3.47. The fraction of sp³-hybridized carbons (Fsp3) is 0.308. The molecule has 2 amide bonds. The molecule has 32 heavy (non-hydrogen) atoms. The number of carbonyl (C=O) groups is 2. The summed E-state index contributed by atoms with van der Waals surface area (Å²) in [5.74, 6) is -0.331. The molecule has 1 heterocycles. The van der Waals surface area contributed by atoms with E-state index in [4.69, 9.17) is 4.42 Å². The highest BCUT2D eigenvalue weighted by atomic mass is 19.1. The summed E-state index contributed by atoms with van der Waals surface area (Å²) in [5, 5.41) is 0. The van der Waals surface area contributed by atoms with Gasteiger partial charge in [-0.1, -0.05) is 43.3 Å². The molecule has 0 saturated carbocycles. The second kappa shape index (κ2) is 11.3. The van der Waals surface area contributed by atoms with Gasteiger partial charge in [0.1, 0.15) is 18.1 Å². The quantitative estimate of drug-likeness (QED) is 0.453. The van der Waals surface area contributed by atoms with Crippen molar-refractivity contribution in [2.75, 3.05) is 13.1 Å². The van der Waals surface area contributed by atoms with Gasteiger partial charge in [-0.3, -0.25) is 9.59 Å². The average Bonchev–Trinajstić information content (AvgIpc) is 3.33. The number of nitrogens with zero attached hydrogens (tertiary/aromatic N) is 2. The van der Waals surface area contributed by atoms with E-state index in [2.05, 4.69) is 0 Å². The SMILES string of the molecule is CCC(C)N(CC(=O)N(CCc1ccccc1)Cc1ccco1)C(=O)c1cccc(F)c1. The Morgan fingerprint density at radius 2 is 1.81 bits per heavy atom. The third-order valence-electron chi connectivity index (χ3n) is 5.55. The second-order valence-corrected chi connectivity index (χ2v) is 7.83. The van der Waals surface area contributed by atoms with Crippen LogP contribution >= 0.6 is 0 Å². The number of hydrogen-bond donors (Lipinski definition) is 0. The molecule has 2 aromatic carbocycles. The van der Waals surface area contributed by atoms with Crippen LogP contribution in [-0.4, -0.2) is 40.7 Å². The Morgan fingerprint density at radius 1 is 1.03 bits per heavy atom. The highest BCUT2D eigenvalue weighted by Crippen LogP contribution is 2.15. The van der Waals surface area contributed by atoms with E-state index >= 15 is 0 Å². The number of rotatable bonds is 10. The summed E-state index contributed by atoms with van der Waals surface area (Å²) in [6, 6.07) is 19.0. The highest BCUT2D eigenvalue weighted by Gasteiger charge is 2.26. The van der Waals surface area contributed by atoms with Crippen LogP contribution in [0.5, 0.6) is 0 Å². The van der Waals surface area contributed by atoms with E-state index < -0.39 is 5.82 Å². The lowest BCUT2D eigenvalue weighted by atomic mass is 10.1. The summed E-state index contributed by atoms with van der Waals surface area (Å²) in [7, 11) is 0.